The van der Waals surface area contributed by atoms with Crippen LogP contribution in [0, 0.1) is 11.8 Å². The number of carbonyl (C=O) groups excluding carboxylic acids is 1. The van der Waals surface area contributed by atoms with Crippen molar-refractivity contribution in [3.63, 3.8) is 0 Å². The van der Waals surface area contributed by atoms with Gasteiger partial charge in [-0.25, -0.2) is 4.79 Å². The Balaban J connectivity index is 2.15. The van der Waals surface area contributed by atoms with E-state index in [0.29, 0.717) is 6.42 Å². The van der Waals surface area contributed by atoms with E-state index >= 15 is 0 Å². The van der Waals surface area contributed by atoms with Gasteiger partial charge in [0.1, 0.15) is 5.54 Å². The number of hydrogen-bond donors (Lipinski definition) is 2. The molecular weight excluding hydrogens is 239 g/mol. The minimum Gasteiger partial charge on any atom is -0.479 e. The summed E-state index contributed by atoms with van der Waals surface area (Å²) in [4.78, 5) is 22.0. The molecule has 0 aliphatic heterocycles. The van der Waals surface area contributed by atoms with Gasteiger partial charge in [0.25, 0.3) is 0 Å². The van der Waals surface area contributed by atoms with Gasteiger partial charge in [-0.05, 0) is 31.1 Å². The fourth-order valence-electron chi connectivity index (χ4n) is 3.05. The second-order valence-corrected chi connectivity index (χ2v) is 4.73. The minimum atomic E-state index is -5.04. The molecule has 0 radical (unpaired) electrons. The lowest BCUT2D eigenvalue weighted by atomic mass is 9.60. The molecule has 0 aromatic heterocycles. The summed E-state index contributed by atoms with van der Waals surface area (Å²) < 4.78 is 36.4. The maximum absolute atomic E-state index is 12.1. The van der Waals surface area contributed by atoms with E-state index in [-0.39, 0.29) is 18.3 Å². The van der Waals surface area contributed by atoms with Crippen LogP contribution >= 0.6 is 0 Å². The van der Waals surface area contributed by atoms with Crippen molar-refractivity contribution in [2.24, 2.45) is 11.8 Å². The first kappa shape index (κ1) is 12.2. The Bertz CT molecular complexity index is 368. The largest absolute Gasteiger partial charge is 0.479 e. The number of halogens is 3. The zero-order valence-corrected chi connectivity index (χ0v) is 8.88. The molecule has 2 N–H and O–H groups in total. The van der Waals surface area contributed by atoms with Gasteiger partial charge < -0.3 is 10.4 Å². The molecule has 2 fully saturated rings. The quantitative estimate of drug-likeness (QED) is 0.777. The number of aliphatic carboxylic acids is 1. The average Bonchev–Trinajstić information content (AvgIpc) is 2.54. The summed E-state index contributed by atoms with van der Waals surface area (Å²) in [6.45, 7) is 0. The number of amides is 1. The summed E-state index contributed by atoms with van der Waals surface area (Å²) in [6, 6.07) is 0. The van der Waals surface area contributed by atoms with Crippen LogP contribution in [0.3, 0.4) is 0 Å². The van der Waals surface area contributed by atoms with Crippen molar-refractivity contribution >= 4 is 11.9 Å². The molecule has 2 saturated carbocycles. The number of nitrogens with one attached hydrogen (secondary N) is 1. The van der Waals surface area contributed by atoms with Crippen LogP contribution in [0.5, 0.6) is 0 Å². The summed E-state index contributed by atoms with van der Waals surface area (Å²) in [5.41, 5.74) is -1.70. The van der Waals surface area contributed by atoms with E-state index in [1.165, 1.54) is 0 Å². The van der Waals surface area contributed by atoms with E-state index in [9.17, 15) is 22.8 Å². The Morgan fingerprint density at radius 1 is 1.29 bits per heavy atom. The topological polar surface area (TPSA) is 66.4 Å². The highest BCUT2D eigenvalue weighted by atomic mass is 19.4. The molecular formula is C10H12F3NO3. The Morgan fingerprint density at radius 3 is 2.41 bits per heavy atom. The number of carbonyl (C=O) groups is 2. The minimum absolute atomic E-state index is 0.106. The Hall–Kier alpha value is -1.27. The molecule has 0 aromatic carbocycles. The van der Waals surface area contributed by atoms with E-state index in [1.807, 2.05) is 0 Å². The van der Waals surface area contributed by atoms with Crippen molar-refractivity contribution in [1.82, 2.24) is 5.32 Å². The molecule has 3 atom stereocenters. The van der Waals surface area contributed by atoms with Crippen LogP contribution in [0.2, 0.25) is 0 Å². The fourth-order valence-corrected chi connectivity index (χ4v) is 3.05. The van der Waals surface area contributed by atoms with E-state index in [0.717, 1.165) is 12.8 Å². The van der Waals surface area contributed by atoms with Crippen molar-refractivity contribution in [3.05, 3.63) is 0 Å². The van der Waals surface area contributed by atoms with Gasteiger partial charge in [-0.3, -0.25) is 4.79 Å². The normalized spacial score (nSPS) is 35.9. The third-order valence-corrected chi connectivity index (χ3v) is 3.85. The SMILES string of the molecule is O=C(NC1(C(=O)O)CC2CCCC21)C(F)(F)F. The highest BCUT2D eigenvalue weighted by Crippen LogP contribution is 2.54. The fraction of sp³-hybridized carbons (Fsp3) is 0.800. The molecule has 4 nitrogen and oxygen atoms in total. The smallest absolute Gasteiger partial charge is 0.471 e. The third-order valence-electron chi connectivity index (χ3n) is 3.85. The second-order valence-electron chi connectivity index (χ2n) is 4.73. The van der Waals surface area contributed by atoms with E-state index < -0.39 is 23.6 Å². The molecule has 0 aromatic rings. The van der Waals surface area contributed by atoms with Gasteiger partial charge in [0.05, 0.1) is 0 Å². The number of carboxylic acids is 1. The van der Waals surface area contributed by atoms with Crippen LogP contribution in [0.15, 0.2) is 0 Å². The standard InChI is InChI=1S/C10H12F3NO3/c11-10(12,13)7(15)14-9(8(16)17)4-5-2-1-3-6(5)9/h5-6H,1-4H2,(H,14,15)(H,16,17). The van der Waals surface area contributed by atoms with Gasteiger partial charge in [0.2, 0.25) is 0 Å². The maximum atomic E-state index is 12.1. The number of hydrogen-bond acceptors (Lipinski definition) is 2. The molecule has 2 rings (SSSR count). The Labute approximate surface area is 95.2 Å². The third kappa shape index (κ3) is 1.77. The lowest BCUT2D eigenvalue weighted by Gasteiger charge is -2.49. The maximum Gasteiger partial charge on any atom is 0.471 e. The second kappa shape index (κ2) is 3.61. The van der Waals surface area contributed by atoms with Crippen LogP contribution in [0.1, 0.15) is 25.7 Å². The molecule has 96 valence electrons. The average molecular weight is 251 g/mol. The molecule has 2 aliphatic carbocycles. The molecule has 0 saturated heterocycles. The van der Waals surface area contributed by atoms with Crippen molar-refractivity contribution in [1.29, 1.82) is 0 Å². The molecule has 17 heavy (non-hydrogen) atoms. The van der Waals surface area contributed by atoms with Gasteiger partial charge in [0.15, 0.2) is 0 Å². The highest BCUT2D eigenvalue weighted by molar-refractivity contribution is 5.90. The van der Waals surface area contributed by atoms with E-state index in [2.05, 4.69) is 0 Å². The first-order chi connectivity index (χ1) is 7.77. The first-order valence-corrected chi connectivity index (χ1v) is 5.40. The van der Waals surface area contributed by atoms with Gasteiger partial charge in [0, 0.05) is 0 Å². The molecule has 2 aliphatic rings. The Morgan fingerprint density at radius 2 is 1.94 bits per heavy atom. The number of carboxylic acid groups (broad SMARTS) is 1. The zero-order chi connectivity index (χ0) is 12.8. The van der Waals surface area contributed by atoms with Gasteiger partial charge in [-0.15, -0.1) is 0 Å². The zero-order valence-electron chi connectivity index (χ0n) is 8.88. The van der Waals surface area contributed by atoms with Crippen molar-refractivity contribution in [3.8, 4) is 0 Å². The lowest BCUT2D eigenvalue weighted by Crippen LogP contribution is -2.69. The van der Waals surface area contributed by atoms with Crippen molar-refractivity contribution < 1.29 is 27.9 Å². The van der Waals surface area contributed by atoms with Crippen LogP contribution in [0.4, 0.5) is 13.2 Å². The van der Waals surface area contributed by atoms with Crippen LogP contribution in [0.25, 0.3) is 0 Å². The summed E-state index contributed by atoms with van der Waals surface area (Å²) in [6.07, 6.45) is -2.72. The van der Waals surface area contributed by atoms with Crippen molar-refractivity contribution in [2.45, 2.75) is 37.4 Å². The summed E-state index contributed by atoms with van der Waals surface area (Å²) in [7, 11) is 0. The van der Waals surface area contributed by atoms with Gasteiger partial charge in [-0.1, -0.05) is 6.42 Å². The monoisotopic (exact) mass is 251 g/mol. The van der Waals surface area contributed by atoms with E-state index in [1.54, 1.807) is 5.32 Å². The van der Waals surface area contributed by atoms with Crippen LogP contribution in [-0.2, 0) is 9.59 Å². The molecule has 3 unspecified atom stereocenters. The summed E-state index contributed by atoms with van der Waals surface area (Å²) >= 11 is 0. The summed E-state index contributed by atoms with van der Waals surface area (Å²) in [5.74, 6) is -3.74. The first-order valence-electron chi connectivity index (χ1n) is 5.40. The number of rotatable bonds is 2. The highest BCUT2D eigenvalue weighted by Gasteiger charge is 2.62. The van der Waals surface area contributed by atoms with Gasteiger partial charge >= 0.3 is 18.1 Å². The predicted molar refractivity (Wildman–Crippen MR) is 50.0 cm³/mol. The predicted octanol–water partition coefficient (Wildman–Crippen LogP) is 1.31. The molecule has 0 bridgehead atoms. The number of fused-ring (bicyclic) bond motifs is 1. The van der Waals surface area contributed by atoms with Crippen LogP contribution < -0.4 is 5.32 Å². The van der Waals surface area contributed by atoms with E-state index in [4.69, 9.17) is 5.11 Å². The lowest BCUT2D eigenvalue weighted by molar-refractivity contribution is -0.183. The molecule has 1 amide bonds. The Kier molecular flexibility index (Phi) is 2.59. The number of alkyl halides is 3. The van der Waals surface area contributed by atoms with Crippen LogP contribution in [-0.4, -0.2) is 28.7 Å². The van der Waals surface area contributed by atoms with Crippen molar-refractivity contribution in [2.75, 3.05) is 0 Å². The summed E-state index contributed by atoms with van der Waals surface area (Å²) in [5, 5.41) is 10.7. The molecule has 0 heterocycles. The molecule has 0 spiro atoms. The van der Waals surface area contributed by atoms with Gasteiger partial charge in [-0.2, -0.15) is 13.2 Å². The molecule has 7 heteroatoms.